The van der Waals surface area contributed by atoms with Crippen LogP contribution in [0.25, 0.3) is 0 Å². The van der Waals surface area contributed by atoms with E-state index in [1.54, 1.807) is 19.9 Å². The number of nitrogens with one attached hydrogen (secondary N) is 1. The minimum absolute atomic E-state index is 0.158. The van der Waals surface area contributed by atoms with Gasteiger partial charge in [-0.15, -0.1) is 0 Å². The van der Waals surface area contributed by atoms with Crippen molar-refractivity contribution < 1.29 is 9.84 Å². The Balaban J connectivity index is 2.89. The van der Waals surface area contributed by atoms with Crippen molar-refractivity contribution in [1.29, 1.82) is 0 Å². The quantitative estimate of drug-likeness (QED) is 0.835. The number of hydrogen-bond donors (Lipinski definition) is 2. The predicted octanol–water partition coefficient (Wildman–Crippen LogP) is 3.16. The van der Waals surface area contributed by atoms with E-state index in [4.69, 9.17) is 16.3 Å². The lowest BCUT2D eigenvalue weighted by atomic mass is 10.1. The summed E-state index contributed by atoms with van der Waals surface area (Å²) in [5, 5.41) is 13.7. The van der Waals surface area contributed by atoms with E-state index in [0.29, 0.717) is 5.02 Å². The lowest BCUT2D eigenvalue weighted by molar-refractivity contribution is 0.0280. The molecule has 3 nitrogen and oxygen atoms in total. The highest BCUT2D eigenvalue weighted by atomic mass is 35.5. The van der Waals surface area contributed by atoms with Crippen molar-refractivity contribution in [2.75, 3.05) is 13.2 Å². The number of hydrogen-bond acceptors (Lipinski definition) is 3. The molecule has 1 unspecified atom stereocenters. The van der Waals surface area contributed by atoms with E-state index in [1.807, 2.05) is 12.1 Å². The van der Waals surface area contributed by atoms with Crippen LogP contribution in [0.5, 0.6) is 5.75 Å². The maximum atomic E-state index is 9.70. The topological polar surface area (TPSA) is 41.5 Å². The van der Waals surface area contributed by atoms with Crippen LogP contribution in [0, 0.1) is 0 Å². The second-order valence-corrected chi connectivity index (χ2v) is 5.50. The van der Waals surface area contributed by atoms with Crippen LogP contribution in [0.15, 0.2) is 18.2 Å². The fraction of sp³-hybridized carbons (Fsp3) is 0.571. The van der Waals surface area contributed by atoms with Crippen molar-refractivity contribution in [3.05, 3.63) is 28.8 Å². The molecule has 0 saturated heterocycles. The highest BCUT2D eigenvalue weighted by Crippen LogP contribution is 2.28. The molecular weight excluding hydrogens is 250 g/mol. The second kappa shape index (κ2) is 6.41. The Kier molecular flexibility index (Phi) is 5.45. The molecule has 1 aromatic rings. The van der Waals surface area contributed by atoms with E-state index in [2.05, 4.69) is 19.2 Å². The van der Waals surface area contributed by atoms with Crippen LogP contribution in [-0.4, -0.2) is 23.9 Å². The summed E-state index contributed by atoms with van der Waals surface area (Å²) in [7, 11) is 0. The first-order valence-electron chi connectivity index (χ1n) is 6.21. The van der Waals surface area contributed by atoms with Gasteiger partial charge in [0.1, 0.15) is 12.4 Å². The van der Waals surface area contributed by atoms with E-state index in [9.17, 15) is 5.11 Å². The van der Waals surface area contributed by atoms with Gasteiger partial charge in [0, 0.05) is 16.6 Å². The van der Waals surface area contributed by atoms with Gasteiger partial charge in [0.25, 0.3) is 0 Å². The maximum Gasteiger partial charge on any atom is 0.124 e. The molecule has 0 heterocycles. The molecule has 102 valence electrons. The minimum atomic E-state index is -0.849. The van der Waals surface area contributed by atoms with Gasteiger partial charge in [-0.3, -0.25) is 0 Å². The Morgan fingerprint density at radius 1 is 1.44 bits per heavy atom. The second-order valence-electron chi connectivity index (χ2n) is 5.06. The first-order valence-corrected chi connectivity index (χ1v) is 6.59. The van der Waals surface area contributed by atoms with Gasteiger partial charge >= 0.3 is 0 Å². The molecule has 0 aliphatic rings. The molecular formula is C14H22ClNO2. The summed E-state index contributed by atoms with van der Waals surface area (Å²) in [6.45, 7) is 8.68. The molecule has 0 aliphatic heterocycles. The highest BCUT2D eigenvalue weighted by Gasteiger charge is 2.17. The fourth-order valence-electron chi connectivity index (χ4n) is 1.66. The molecule has 0 fully saturated rings. The molecule has 0 amide bonds. The van der Waals surface area contributed by atoms with Gasteiger partial charge in [-0.25, -0.2) is 0 Å². The van der Waals surface area contributed by atoms with Crippen molar-refractivity contribution in [2.45, 2.75) is 39.3 Å². The molecule has 4 heteroatoms. The van der Waals surface area contributed by atoms with Crippen LogP contribution in [0.2, 0.25) is 5.02 Å². The molecule has 0 spiro atoms. The lowest BCUT2D eigenvalue weighted by Gasteiger charge is -2.22. The van der Waals surface area contributed by atoms with Crippen LogP contribution in [0.3, 0.4) is 0 Å². The normalized spacial score (nSPS) is 13.4. The third kappa shape index (κ3) is 4.84. The fourth-order valence-corrected chi connectivity index (χ4v) is 1.84. The van der Waals surface area contributed by atoms with E-state index < -0.39 is 5.60 Å². The maximum absolute atomic E-state index is 9.70. The molecule has 0 bridgehead atoms. The third-order valence-corrected chi connectivity index (χ3v) is 2.76. The zero-order valence-electron chi connectivity index (χ0n) is 11.5. The molecule has 0 aromatic heterocycles. The van der Waals surface area contributed by atoms with Crippen molar-refractivity contribution in [3.8, 4) is 5.75 Å². The summed E-state index contributed by atoms with van der Waals surface area (Å²) in [5.74, 6) is 0.759. The Hall–Kier alpha value is -0.770. The van der Waals surface area contributed by atoms with Crippen LogP contribution in [0.1, 0.15) is 39.3 Å². The Labute approximate surface area is 114 Å². The molecule has 0 radical (unpaired) electrons. The number of benzene rings is 1. The zero-order chi connectivity index (χ0) is 13.8. The zero-order valence-corrected chi connectivity index (χ0v) is 12.2. The van der Waals surface area contributed by atoms with Gasteiger partial charge in [0.05, 0.1) is 5.60 Å². The van der Waals surface area contributed by atoms with E-state index in [0.717, 1.165) is 17.9 Å². The first kappa shape index (κ1) is 15.3. The minimum Gasteiger partial charge on any atom is -0.490 e. The molecule has 1 rings (SSSR count). The lowest BCUT2D eigenvalue weighted by Crippen LogP contribution is -2.28. The van der Waals surface area contributed by atoms with Crippen LogP contribution < -0.4 is 10.1 Å². The summed E-state index contributed by atoms with van der Waals surface area (Å²) in [5.41, 5.74) is 0.159. The number of ether oxygens (including phenoxy) is 1. The monoisotopic (exact) mass is 271 g/mol. The largest absolute Gasteiger partial charge is 0.490 e. The van der Waals surface area contributed by atoms with E-state index in [-0.39, 0.29) is 12.6 Å². The van der Waals surface area contributed by atoms with Gasteiger partial charge in [0.2, 0.25) is 0 Å². The Morgan fingerprint density at radius 2 is 2.11 bits per heavy atom. The van der Waals surface area contributed by atoms with Crippen molar-refractivity contribution in [2.24, 2.45) is 0 Å². The molecule has 1 atom stereocenters. The van der Waals surface area contributed by atoms with Crippen LogP contribution in [-0.2, 0) is 0 Å². The standard InChI is InChI=1S/C14H22ClNO2/c1-5-16-10(2)12-8-11(15)6-7-13(12)18-9-14(3,4)17/h6-8,10,16-17H,5,9H2,1-4H3. The number of rotatable bonds is 6. The average molecular weight is 272 g/mol. The van der Waals surface area contributed by atoms with E-state index >= 15 is 0 Å². The summed E-state index contributed by atoms with van der Waals surface area (Å²) >= 11 is 6.02. The average Bonchev–Trinajstić information content (AvgIpc) is 2.26. The molecule has 0 saturated carbocycles. The van der Waals surface area contributed by atoms with Gasteiger partial charge in [-0.05, 0) is 45.5 Å². The first-order chi connectivity index (χ1) is 8.33. The number of halogens is 1. The summed E-state index contributed by atoms with van der Waals surface area (Å²) in [6.07, 6.45) is 0. The number of aliphatic hydroxyl groups is 1. The summed E-state index contributed by atoms with van der Waals surface area (Å²) in [6, 6.07) is 5.69. The van der Waals surface area contributed by atoms with Gasteiger partial charge in [-0.2, -0.15) is 0 Å². The summed E-state index contributed by atoms with van der Waals surface area (Å²) in [4.78, 5) is 0. The molecule has 1 aromatic carbocycles. The van der Waals surface area contributed by atoms with Gasteiger partial charge < -0.3 is 15.2 Å². The van der Waals surface area contributed by atoms with Gasteiger partial charge in [0.15, 0.2) is 0 Å². The molecule has 0 aliphatic carbocycles. The summed E-state index contributed by atoms with van der Waals surface area (Å²) < 4.78 is 5.68. The smallest absolute Gasteiger partial charge is 0.124 e. The third-order valence-electron chi connectivity index (χ3n) is 2.53. The van der Waals surface area contributed by atoms with Crippen LogP contribution in [0.4, 0.5) is 0 Å². The van der Waals surface area contributed by atoms with Crippen molar-refractivity contribution in [1.82, 2.24) is 5.32 Å². The van der Waals surface area contributed by atoms with Gasteiger partial charge in [-0.1, -0.05) is 18.5 Å². The predicted molar refractivity (Wildman–Crippen MR) is 75.3 cm³/mol. The Bertz CT molecular complexity index is 388. The van der Waals surface area contributed by atoms with Crippen molar-refractivity contribution in [3.63, 3.8) is 0 Å². The SMILES string of the molecule is CCNC(C)c1cc(Cl)ccc1OCC(C)(C)O. The van der Waals surface area contributed by atoms with Crippen molar-refractivity contribution >= 4 is 11.6 Å². The Morgan fingerprint density at radius 3 is 2.67 bits per heavy atom. The van der Waals surface area contributed by atoms with Crippen LogP contribution >= 0.6 is 11.6 Å². The molecule has 18 heavy (non-hydrogen) atoms. The molecule has 2 N–H and O–H groups in total. The van der Waals surface area contributed by atoms with E-state index in [1.165, 1.54) is 0 Å². The highest BCUT2D eigenvalue weighted by molar-refractivity contribution is 6.30.